The maximum atomic E-state index is 13.4. The molecule has 1 aromatic heterocycles. The maximum Gasteiger partial charge on any atom is 0.205 e. The molecule has 0 spiro atoms. The van der Waals surface area contributed by atoms with Crippen LogP contribution in [-0.2, 0) is 0 Å². The normalized spacial score (nSPS) is 10.2. The van der Waals surface area contributed by atoms with Gasteiger partial charge in [-0.05, 0) is 25.1 Å². The highest BCUT2D eigenvalue weighted by Crippen LogP contribution is 2.23. The van der Waals surface area contributed by atoms with Crippen molar-refractivity contribution in [2.45, 2.75) is 6.92 Å². The molecule has 4 heteroatoms. The molecule has 2 rings (SSSR count). The molecule has 2 nitrogen and oxygen atoms in total. The number of thiophene rings is 1. The van der Waals surface area contributed by atoms with Gasteiger partial charge in [0.25, 0.3) is 0 Å². The number of carbonyl (C=O) groups excluding carboxylic acids is 2. The summed E-state index contributed by atoms with van der Waals surface area (Å²) in [7, 11) is 0. The van der Waals surface area contributed by atoms with Crippen LogP contribution in [0.15, 0.2) is 30.3 Å². The minimum atomic E-state index is -0.545. The molecule has 0 saturated carbocycles. The lowest BCUT2D eigenvalue weighted by Crippen LogP contribution is -2.01. The standard InChI is InChI=1S/C13H9FO2S/c1-8-9(7-15)6-12(17-8)13(16)10-4-2-3-5-11(10)14/h2-7H,1H3. The van der Waals surface area contributed by atoms with E-state index in [0.29, 0.717) is 16.7 Å². The predicted molar refractivity (Wildman–Crippen MR) is 64.3 cm³/mol. The quantitative estimate of drug-likeness (QED) is 0.617. The Balaban J connectivity index is 2.44. The summed E-state index contributed by atoms with van der Waals surface area (Å²) in [5.41, 5.74) is 0.515. The number of aldehydes is 1. The first-order valence-corrected chi connectivity index (χ1v) is 5.80. The van der Waals surface area contributed by atoms with Gasteiger partial charge in [0.15, 0.2) is 6.29 Å². The van der Waals surface area contributed by atoms with Gasteiger partial charge in [-0.25, -0.2) is 4.39 Å². The van der Waals surface area contributed by atoms with Crippen LogP contribution >= 0.6 is 11.3 Å². The fraction of sp³-hybridized carbons (Fsp3) is 0.0769. The van der Waals surface area contributed by atoms with Gasteiger partial charge < -0.3 is 0 Å². The Morgan fingerprint density at radius 2 is 2.06 bits per heavy atom. The van der Waals surface area contributed by atoms with Crippen molar-refractivity contribution in [3.63, 3.8) is 0 Å². The van der Waals surface area contributed by atoms with E-state index in [1.807, 2.05) is 0 Å². The zero-order valence-electron chi connectivity index (χ0n) is 9.07. The Bertz CT molecular complexity index is 587. The summed E-state index contributed by atoms with van der Waals surface area (Å²) in [5, 5.41) is 0. The van der Waals surface area contributed by atoms with Gasteiger partial charge in [0.05, 0.1) is 10.4 Å². The SMILES string of the molecule is Cc1sc(C(=O)c2ccccc2F)cc1C=O. The van der Waals surface area contributed by atoms with Gasteiger partial charge in [0.2, 0.25) is 5.78 Å². The minimum absolute atomic E-state index is 0.0335. The maximum absolute atomic E-state index is 13.4. The molecule has 0 radical (unpaired) electrons. The predicted octanol–water partition coefficient (Wildman–Crippen LogP) is 3.24. The highest BCUT2D eigenvalue weighted by Gasteiger charge is 2.16. The van der Waals surface area contributed by atoms with Crippen molar-refractivity contribution >= 4 is 23.4 Å². The molecule has 0 unspecified atom stereocenters. The van der Waals surface area contributed by atoms with Crippen LogP contribution in [0.4, 0.5) is 4.39 Å². The third-order valence-electron chi connectivity index (χ3n) is 2.43. The molecule has 1 aromatic carbocycles. The fourth-order valence-electron chi connectivity index (χ4n) is 1.50. The lowest BCUT2D eigenvalue weighted by atomic mass is 10.1. The van der Waals surface area contributed by atoms with Crippen molar-refractivity contribution in [2.24, 2.45) is 0 Å². The summed E-state index contributed by atoms with van der Waals surface area (Å²) >= 11 is 1.20. The molecule has 0 bridgehead atoms. The molecular weight excluding hydrogens is 239 g/mol. The molecule has 0 aliphatic carbocycles. The van der Waals surface area contributed by atoms with E-state index >= 15 is 0 Å². The zero-order valence-corrected chi connectivity index (χ0v) is 9.88. The molecule has 17 heavy (non-hydrogen) atoms. The molecule has 0 saturated heterocycles. The van der Waals surface area contributed by atoms with Gasteiger partial charge >= 0.3 is 0 Å². The van der Waals surface area contributed by atoms with E-state index in [4.69, 9.17) is 0 Å². The Labute approximate surface area is 102 Å². The van der Waals surface area contributed by atoms with E-state index in [1.54, 1.807) is 13.0 Å². The molecule has 0 atom stereocenters. The van der Waals surface area contributed by atoms with Crippen molar-refractivity contribution in [1.29, 1.82) is 0 Å². The molecule has 2 aromatic rings. The summed E-state index contributed by atoms with van der Waals surface area (Å²) in [4.78, 5) is 23.8. The Hall–Kier alpha value is -1.81. The van der Waals surface area contributed by atoms with E-state index in [1.165, 1.54) is 35.6 Å². The third kappa shape index (κ3) is 2.17. The van der Waals surface area contributed by atoms with E-state index < -0.39 is 5.82 Å². The van der Waals surface area contributed by atoms with Crippen molar-refractivity contribution in [2.75, 3.05) is 0 Å². The molecule has 0 fully saturated rings. The van der Waals surface area contributed by atoms with Gasteiger partial charge in [-0.15, -0.1) is 11.3 Å². The molecule has 0 N–H and O–H groups in total. The van der Waals surface area contributed by atoms with Gasteiger partial charge in [0.1, 0.15) is 5.82 Å². The summed E-state index contributed by atoms with van der Waals surface area (Å²) in [5.74, 6) is -0.930. The van der Waals surface area contributed by atoms with E-state index in [2.05, 4.69) is 0 Å². The van der Waals surface area contributed by atoms with Crippen LogP contribution in [0.3, 0.4) is 0 Å². The molecule has 86 valence electrons. The van der Waals surface area contributed by atoms with E-state index in [0.717, 1.165) is 4.88 Å². The van der Waals surface area contributed by atoms with Crippen LogP contribution in [0.2, 0.25) is 0 Å². The number of aryl methyl sites for hydroxylation is 1. The van der Waals surface area contributed by atoms with Gasteiger partial charge in [-0.1, -0.05) is 12.1 Å². The van der Waals surface area contributed by atoms with Crippen LogP contribution in [0.5, 0.6) is 0 Å². The molecule has 1 heterocycles. The van der Waals surface area contributed by atoms with Crippen LogP contribution in [-0.4, -0.2) is 12.1 Å². The number of hydrogen-bond donors (Lipinski definition) is 0. The molecular formula is C13H9FO2S. The number of halogens is 1. The van der Waals surface area contributed by atoms with Crippen molar-refractivity contribution in [3.8, 4) is 0 Å². The van der Waals surface area contributed by atoms with Crippen LogP contribution in [0.1, 0.15) is 30.5 Å². The summed E-state index contributed by atoms with van der Waals surface area (Å²) in [6, 6.07) is 7.32. The van der Waals surface area contributed by atoms with E-state index in [9.17, 15) is 14.0 Å². The first kappa shape index (κ1) is 11.7. The second-order valence-electron chi connectivity index (χ2n) is 3.55. The number of carbonyl (C=O) groups is 2. The van der Waals surface area contributed by atoms with E-state index in [-0.39, 0.29) is 11.3 Å². The largest absolute Gasteiger partial charge is 0.298 e. The van der Waals surface area contributed by atoms with Crippen molar-refractivity contribution < 1.29 is 14.0 Å². The highest BCUT2D eigenvalue weighted by atomic mass is 32.1. The Morgan fingerprint density at radius 1 is 1.35 bits per heavy atom. The second kappa shape index (κ2) is 4.59. The van der Waals surface area contributed by atoms with Crippen LogP contribution in [0.25, 0.3) is 0 Å². The average Bonchev–Trinajstić information content (AvgIpc) is 2.70. The zero-order chi connectivity index (χ0) is 12.4. The van der Waals surface area contributed by atoms with Gasteiger partial charge in [-0.3, -0.25) is 9.59 Å². The minimum Gasteiger partial charge on any atom is -0.298 e. The number of hydrogen-bond acceptors (Lipinski definition) is 3. The highest BCUT2D eigenvalue weighted by molar-refractivity contribution is 7.14. The number of benzene rings is 1. The van der Waals surface area contributed by atoms with Crippen LogP contribution in [0, 0.1) is 12.7 Å². The summed E-state index contributed by atoms with van der Waals surface area (Å²) < 4.78 is 13.4. The second-order valence-corrected chi connectivity index (χ2v) is 4.81. The first-order chi connectivity index (χ1) is 8.13. The fourth-order valence-corrected chi connectivity index (χ4v) is 2.45. The summed E-state index contributed by atoms with van der Waals surface area (Å²) in [6.45, 7) is 1.76. The monoisotopic (exact) mass is 248 g/mol. The van der Waals surface area contributed by atoms with Crippen molar-refractivity contribution in [1.82, 2.24) is 0 Å². The van der Waals surface area contributed by atoms with Crippen molar-refractivity contribution in [3.05, 3.63) is 57.0 Å². The first-order valence-electron chi connectivity index (χ1n) is 4.98. The lowest BCUT2D eigenvalue weighted by molar-refractivity contribution is 0.103. The average molecular weight is 248 g/mol. The molecule has 0 aliphatic rings. The lowest BCUT2D eigenvalue weighted by Gasteiger charge is -1.98. The smallest absolute Gasteiger partial charge is 0.205 e. The number of ketones is 1. The topological polar surface area (TPSA) is 34.1 Å². The Kier molecular flexibility index (Phi) is 3.15. The molecule has 0 amide bonds. The van der Waals surface area contributed by atoms with Gasteiger partial charge in [-0.2, -0.15) is 0 Å². The Morgan fingerprint density at radius 3 is 2.65 bits per heavy atom. The third-order valence-corrected chi connectivity index (χ3v) is 3.49. The van der Waals surface area contributed by atoms with Crippen LogP contribution < -0.4 is 0 Å². The summed E-state index contributed by atoms with van der Waals surface area (Å²) in [6.07, 6.45) is 0.698. The molecule has 0 aliphatic heterocycles. The van der Waals surface area contributed by atoms with Gasteiger partial charge in [0, 0.05) is 10.4 Å². The number of rotatable bonds is 3.